The van der Waals surface area contributed by atoms with Crippen molar-refractivity contribution in [2.75, 3.05) is 16.8 Å². The maximum absolute atomic E-state index is 4.87. The van der Waals surface area contributed by atoms with Crippen LogP contribution in [0.2, 0.25) is 0 Å². The van der Waals surface area contributed by atoms with Crippen LogP contribution in [-0.4, -0.2) is 21.5 Å². The van der Waals surface area contributed by atoms with Crippen LogP contribution in [0.25, 0.3) is 11.4 Å². The Hall–Kier alpha value is -3.73. The van der Waals surface area contributed by atoms with Gasteiger partial charge in [-0.1, -0.05) is 48.5 Å². The van der Waals surface area contributed by atoms with Crippen LogP contribution in [0.1, 0.15) is 12.5 Å². The number of para-hydroxylation sites is 1. The fraction of sp³-hybridized carbons (Fsp3) is 0.125. The van der Waals surface area contributed by atoms with Crippen LogP contribution in [0.3, 0.4) is 0 Å². The third-order valence-corrected chi connectivity index (χ3v) is 4.63. The van der Waals surface area contributed by atoms with Gasteiger partial charge in [0.25, 0.3) is 0 Å². The summed E-state index contributed by atoms with van der Waals surface area (Å²) >= 11 is 0. The molecule has 0 bridgehead atoms. The highest BCUT2D eigenvalue weighted by molar-refractivity contribution is 5.67. The molecule has 0 saturated heterocycles. The average Bonchev–Trinajstić information content (AvgIpc) is 2.80. The molecular weight excluding hydrogens is 358 g/mol. The van der Waals surface area contributed by atoms with E-state index in [1.807, 2.05) is 66.7 Å². The lowest BCUT2D eigenvalue weighted by atomic mass is 10.2. The highest BCUT2D eigenvalue weighted by Crippen LogP contribution is 2.28. The van der Waals surface area contributed by atoms with E-state index in [9.17, 15) is 0 Å². The van der Waals surface area contributed by atoms with Crippen molar-refractivity contribution in [3.63, 3.8) is 0 Å². The van der Waals surface area contributed by atoms with Crippen LogP contribution in [0, 0.1) is 0 Å². The number of nitrogens with one attached hydrogen (secondary N) is 1. The molecule has 5 nitrogen and oxygen atoms in total. The van der Waals surface area contributed by atoms with Gasteiger partial charge in [0.05, 0.1) is 0 Å². The van der Waals surface area contributed by atoms with Gasteiger partial charge in [0, 0.05) is 42.8 Å². The molecule has 5 heteroatoms. The first kappa shape index (κ1) is 18.6. The normalized spacial score (nSPS) is 10.5. The minimum absolute atomic E-state index is 0.671. The summed E-state index contributed by atoms with van der Waals surface area (Å²) in [6.45, 7) is 3.60. The van der Waals surface area contributed by atoms with E-state index in [1.165, 1.54) is 0 Å². The molecular formula is C24H23N5. The van der Waals surface area contributed by atoms with Crippen molar-refractivity contribution in [2.45, 2.75) is 13.5 Å². The zero-order chi connectivity index (χ0) is 19.9. The SMILES string of the molecule is CCN(c1ccccc1)c1cc(NCc2ccncc2)nc(-c2ccccc2)n1. The quantitative estimate of drug-likeness (QED) is 0.470. The Morgan fingerprint density at radius 1 is 0.828 bits per heavy atom. The lowest BCUT2D eigenvalue weighted by molar-refractivity contribution is 0.975. The van der Waals surface area contributed by atoms with Crippen LogP contribution in [0.4, 0.5) is 17.3 Å². The molecule has 0 radical (unpaired) electrons. The van der Waals surface area contributed by atoms with Gasteiger partial charge < -0.3 is 10.2 Å². The highest BCUT2D eigenvalue weighted by atomic mass is 15.2. The smallest absolute Gasteiger partial charge is 0.163 e. The fourth-order valence-corrected chi connectivity index (χ4v) is 3.16. The van der Waals surface area contributed by atoms with Crippen LogP contribution in [0.5, 0.6) is 0 Å². The molecule has 4 aromatic rings. The van der Waals surface area contributed by atoms with Gasteiger partial charge >= 0.3 is 0 Å². The van der Waals surface area contributed by atoms with Crippen molar-refractivity contribution in [1.82, 2.24) is 15.0 Å². The number of anilines is 3. The molecule has 0 spiro atoms. The summed E-state index contributed by atoms with van der Waals surface area (Å²) in [6, 6.07) is 26.4. The summed E-state index contributed by atoms with van der Waals surface area (Å²) < 4.78 is 0. The van der Waals surface area contributed by atoms with E-state index in [0.717, 1.165) is 35.0 Å². The number of rotatable bonds is 7. The fourth-order valence-electron chi connectivity index (χ4n) is 3.16. The molecule has 0 atom stereocenters. The second-order valence-corrected chi connectivity index (χ2v) is 6.59. The van der Waals surface area contributed by atoms with Gasteiger partial charge in [0.1, 0.15) is 11.6 Å². The average molecular weight is 381 g/mol. The van der Waals surface area contributed by atoms with Crippen molar-refractivity contribution < 1.29 is 0 Å². The van der Waals surface area contributed by atoms with Crippen molar-refractivity contribution in [1.29, 1.82) is 0 Å². The molecule has 29 heavy (non-hydrogen) atoms. The van der Waals surface area contributed by atoms with Crippen molar-refractivity contribution in [3.05, 3.63) is 96.8 Å². The Bertz CT molecular complexity index is 1040. The van der Waals surface area contributed by atoms with E-state index in [4.69, 9.17) is 9.97 Å². The lowest BCUT2D eigenvalue weighted by Gasteiger charge is -2.23. The molecule has 2 heterocycles. The molecule has 0 aliphatic carbocycles. The molecule has 2 aromatic carbocycles. The minimum atomic E-state index is 0.671. The second kappa shape index (κ2) is 8.97. The monoisotopic (exact) mass is 381 g/mol. The third-order valence-electron chi connectivity index (χ3n) is 4.63. The van der Waals surface area contributed by atoms with Crippen LogP contribution in [0.15, 0.2) is 91.3 Å². The van der Waals surface area contributed by atoms with E-state index < -0.39 is 0 Å². The summed E-state index contributed by atoms with van der Waals surface area (Å²) in [5.74, 6) is 2.36. The standard InChI is InChI=1S/C24H23N5/c1-2-29(21-11-7-4-8-12-21)23-17-22(26-18-19-13-15-25-16-14-19)27-24(28-23)20-9-5-3-6-10-20/h3-17H,2,18H2,1H3,(H,26,27,28). The molecule has 0 aliphatic heterocycles. The zero-order valence-corrected chi connectivity index (χ0v) is 16.4. The molecule has 0 saturated carbocycles. The molecule has 0 fully saturated rings. The first-order chi connectivity index (χ1) is 14.3. The largest absolute Gasteiger partial charge is 0.366 e. The minimum Gasteiger partial charge on any atom is -0.366 e. The summed E-state index contributed by atoms with van der Waals surface area (Å²) in [5.41, 5.74) is 3.25. The third kappa shape index (κ3) is 4.58. The molecule has 0 amide bonds. The Balaban J connectivity index is 1.71. The highest BCUT2D eigenvalue weighted by Gasteiger charge is 2.13. The van der Waals surface area contributed by atoms with Gasteiger partial charge in [-0.25, -0.2) is 9.97 Å². The molecule has 4 rings (SSSR count). The number of benzene rings is 2. The predicted molar refractivity (Wildman–Crippen MR) is 118 cm³/mol. The number of nitrogens with zero attached hydrogens (tertiary/aromatic N) is 4. The van der Waals surface area contributed by atoms with E-state index in [0.29, 0.717) is 12.4 Å². The Morgan fingerprint density at radius 3 is 2.21 bits per heavy atom. The first-order valence-electron chi connectivity index (χ1n) is 9.73. The van der Waals surface area contributed by atoms with Gasteiger partial charge in [-0.05, 0) is 36.8 Å². The number of pyridine rings is 1. The Labute approximate surface area is 171 Å². The summed E-state index contributed by atoms with van der Waals surface area (Å²) in [7, 11) is 0. The topological polar surface area (TPSA) is 53.9 Å². The summed E-state index contributed by atoms with van der Waals surface area (Å²) in [4.78, 5) is 15.9. The molecule has 1 N–H and O–H groups in total. The van der Waals surface area contributed by atoms with Crippen molar-refractivity contribution in [2.24, 2.45) is 0 Å². The van der Waals surface area contributed by atoms with E-state index >= 15 is 0 Å². The first-order valence-corrected chi connectivity index (χ1v) is 9.73. The van der Waals surface area contributed by atoms with Gasteiger partial charge in [0.2, 0.25) is 0 Å². The molecule has 0 unspecified atom stereocenters. The number of hydrogen-bond donors (Lipinski definition) is 1. The predicted octanol–water partition coefficient (Wildman–Crippen LogP) is 5.31. The number of aromatic nitrogens is 3. The van der Waals surface area contributed by atoms with Crippen molar-refractivity contribution in [3.8, 4) is 11.4 Å². The van der Waals surface area contributed by atoms with Crippen LogP contribution in [-0.2, 0) is 6.54 Å². The van der Waals surface area contributed by atoms with E-state index in [1.54, 1.807) is 12.4 Å². The van der Waals surface area contributed by atoms with Gasteiger partial charge in [-0.15, -0.1) is 0 Å². The van der Waals surface area contributed by atoms with Gasteiger partial charge in [-0.2, -0.15) is 0 Å². The summed E-state index contributed by atoms with van der Waals surface area (Å²) in [6.07, 6.45) is 3.60. The summed E-state index contributed by atoms with van der Waals surface area (Å²) in [5, 5.41) is 3.44. The zero-order valence-electron chi connectivity index (χ0n) is 16.4. The van der Waals surface area contributed by atoms with Gasteiger partial charge in [-0.3, -0.25) is 4.98 Å². The van der Waals surface area contributed by atoms with Crippen LogP contribution < -0.4 is 10.2 Å². The van der Waals surface area contributed by atoms with Crippen molar-refractivity contribution >= 4 is 17.3 Å². The molecule has 144 valence electrons. The van der Waals surface area contributed by atoms with E-state index in [2.05, 4.69) is 34.3 Å². The molecule has 0 aliphatic rings. The Morgan fingerprint density at radius 2 is 1.52 bits per heavy atom. The molecule has 2 aromatic heterocycles. The maximum atomic E-state index is 4.87. The number of hydrogen-bond acceptors (Lipinski definition) is 5. The van der Waals surface area contributed by atoms with E-state index in [-0.39, 0.29) is 0 Å². The maximum Gasteiger partial charge on any atom is 0.163 e. The Kier molecular flexibility index (Phi) is 5.76. The second-order valence-electron chi connectivity index (χ2n) is 6.59. The van der Waals surface area contributed by atoms with Gasteiger partial charge in [0.15, 0.2) is 5.82 Å². The van der Waals surface area contributed by atoms with Crippen LogP contribution >= 0.6 is 0 Å². The lowest BCUT2D eigenvalue weighted by Crippen LogP contribution is -2.18.